The molecule has 0 unspecified atom stereocenters. The van der Waals surface area contributed by atoms with Crippen LogP contribution in [0.5, 0.6) is 5.75 Å². The van der Waals surface area contributed by atoms with Crippen LogP contribution in [-0.4, -0.2) is 201 Å². The maximum absolute atomic E-state index is 13.6. The summed E-state index contributed by atoms with van der Waals surface area (Å²) in [4.78, 5) is 35.8. The van der Waals surface area contributed by atoms with Crippen LogP contribution in [0.1, 0.15) is 12.8 Å². The first-order valence-corrected chi connectivity index (χ1v) is 20.6. The zero-order chi connectivity index (χ0) is 45.6. The number of carbonyl (C=O) groups is 3. The number of halogens is 5. The molecule has 1 aliphatic heterocycles. The molecule has 0 fully saturated rings. The molecular weight excluding hydrogens is 859 g/mol. The summed E-state index contributed by atoms with van der Waals surface area (Å²) >= 11 is 0. The van der Waals surface area contributed by atoms with Gasteiger partial charge in [0.2, 0.25) is 34.8 Å². The van der Waals surface area contributed by atoms with Crippen LogP contribution in [0.4, 0.5) is 22.0 Å². The highest BCUT2D eigenvalue weighted by molar-refractivity contribution is 6.12. The minimum Gasteiger partial charge on any atom is -0.420 e. The van der Waals surface area contributed by atoms with E-state index in [1.165, 1.54) is 17.1 Å². The minimum absolute atomic E-state index is 0.0721. The van der Waals surface area contributed by atoms with E-state index in [1.807, 2.05) is 0 Å². The third kappa shape index (κ3) is 27.6. The number of nitrogens with zero attached hydrogens (tertiary/aromatic N) is 1. The van der Waals surface area contributed by atoms with Crippen LogP contribution in [0.15, 0.2) is 12.2 Å². The number of nitrogens with one attached hydrogen (secondary N) is 1. The van der Waals surface area contributed by atoms with Crippen LogP contribution in [0.3, 0.4) is 0 Å². The molecule has 0 radical (unpaired) electrons. The van der Waals surface area contributed by atoms with Crippen LogP contribution < -0.4 is 10.1 Å². The van der Waals surface area contributed by atoms with Crippen molar-refractivity contribution in [2.45, 2.75) is 12.8 Å². The summed E-state index contributed by atoms with van der Waals surface area (Å²) < 4.78 is 136. The average molecular weight is 921 g/mol. The number of esters is 1. The van der Waals surface area contributed by atoms with Crippen molar-refractivity contribution in [1.82, 2.24) is 10.2 Å². The van der Waals surface area contributed by atoms with E-state index in [0.717, 1.165) is 0 Å². The molecule has 1 aromatic carbocycles. The van der Waals surface area contributed by atoms with Gasteiger partial charge in [0, 0.05) is 25.2 Å². The van der Waals surface area contributed by atoms with Crippen molar-refractivity contribution >= 4 is 17.8 Å². The van der Waals surface area contributed by atoms with E-state index in [-0.39, 0.29) is 38.2 Å². The molecule has 1 N–H and O–H groups in total. The van der Waals surface area contributed by atoms with Gasteiger partial charge in [0.15, 0.2) is 0 Å². The third-order valence-corrected chi connectivity index (χ3v) is 7.99. The molecule has 2 rings (SSSR count). The predicted molar refractivity (Wildman–Crippen MR) is 210 cm³/mol. The molecule has 1 aromatic rings. The van der Waals surface area contributed by atoms with E-state index >= 15 is 0 Å². The van der Waals surface area contributed by atoms with E-state index < -0.39 is 47.2 Å². The second-order valence-corrected chi connectivity index (χ2v) is 12.7. The van der Waals surface area contributed by atoms with Gasteiger partial charge >= 0.3 is 5.97 Å². The first kappa shape index (κ1) is 55.8. The van der Waals surface area contributed by atoms with Crippen molar-refractivity contribution in [1.29, 1.82) is 0 Å². The summed E-state index contributed by atoms with van der Waals surface area (Å²) in [7, 11) is 0. The molecule has 1 aliphatic rings. The minimum atomic E-state index is -2.35. The largest absolute Gasteiger partial charge is 0.420 e. The average Bonchev–Trinajstić information content (AvgIpc) is 3.60. The second-order valence-electron chi connectivity index (χ2n) is 12.7. The molecule has 0 spiro atoms. The summed E-state index contributed by atoms with van der Waals surface area (Å²) in [5.74, 6) is -14.7. The Bertz CT molecular complexity index is 1370. The van der Waals surface area contributed by atoms with Crippen molar-refractivity contribution in [3.63, 3.8) is 0 Å². The number of ether oxygens (including phenoxy) is 13. The van der Waals surface area contributed by atoms with Crippen LogP contribution in [0.2, 0.25) is 0 Å². The number of hydrogen-bond donors (Lipinski definition) is 1. The quantitative estimate of drug-likeness (QED) is 0.0190. The summed E-state index contributed by atoms with van der Waals surface area (Å²) in [6.45, 7) is 10.6. The lowest BCUT2D eigenvalue weighted by Gasteiger charge is -2.13. The maximum atomic E-state index is 13.6. The molecule has 362 valence electrons. The van der Waals surface area contributed by atoms with Crippen LogP contribution in [0.25, 0.3) is 0 Å². The highest BCUT2D eigenvalue weighted by Gasteiger charge is 2.28. The summed E-state index contributed by atoms with van der Waals surface area (Å²) in [5.41, 5.74) is 0. The van der Waals surface area contributed by atoms with Crippen molar-refractivity contribution in [2.24, 2.45) is 0 Å². The lowest BCUT2D eigenvalue weighted by Crippen LogP contribution is -2.33. The number of amides is 2. The first-order chi connectivity index (χ1) is 30.7. The number of carbonyl (C=O) groups excluding carboxylic acids is 3. The highest BCUT2D eigenvalue weighted by atomic mass is 19.2. The number of imide groups is 1. The summed E-state index contributed by atoms with van der Waals surface area (Å²) in [6, 6.07) is 0. The van der Waals surface area contributed by atoms with Gasteiger partial charge in [0.05, 0.1) is 165 Å². The van der Waals surface area contributed by atoms with E-state index in [0.29, 0.717) is 158 Å². The van der Waals surface area contributed by atoms with E-state index in [9.17, 15) is 36.3 Å². The van der Waals surface area contributed by atoms with Gasteiger partial charge in [-0.05, 0) is 13.0 Å². The molecule has 0 saturated carbocycles. The topological polar surface area (TPSA) is 186 Å². The fourth-order valence-electron chi connectivity index (χ4n) is 4.80. The van der Waals surface area contributed by atoms with Gasteiger partial charge in [0.25, 0.3) is 11.8 Å². The molecule has 0 saturated heterocycles. The van der Waals surface area contributed by atoms with Crippen LogP contribution >= 0.6 is 0 Å². The Kier molecular flexibility index (Phi) is 33.7. The Balaban J connectivity index is 1.16. The van der Waals surface area contributed by atoms with Gasteiger partial charge < -0.3 is 66.9 Å². The van der Waals surface area contributed by atoms with Gasteiger partial charge in [-0.1, -0.05) is 0 Å². The molecule has 63 heavy (non-hydrogen) atoms. The first-order valence-electron chi connectivity index (χ1n) is 20.6. The van der Waals surface area contributed by atoms with Crippen LogP contribution in [0, 0.1) is 29.1 Å². The molecule has 0 aromatic heterocycles. The van der Waals surface area contributed by atoms with Gasteiger partial charge in [-0.15, -0.1) is 0 Å². The van der Waals surface area contributed by atoms with Gasteiger partial charge in [-0.3, -0.25) is 19.3 Å². The molecule has 23 heteroatoms. The van der Waals surface area contributed by atoms with E-state index in [1.54, 1.807) is 0 Å². The number of rotatable bonds is 44. The molecule has 0 atom stereocenters. The smallest absolute Gasteiger partial charge is 0.313 e. The zero-order valence-corrected chi connectivity index (χ0v) is 35.5. The molecule has 18 nitrogen and oxygen atoms in total. The zero-order valence-electron chi connectivity index (χ0n) is 35.5. The van der Waals surface area contributed by atoms with Crippen molar-refractivity contribution in [3.8, 4) is 5.75 Å². The lowest BCUT2D eigenvalue weighted by atomic mass is 10.2. The van der Waals surface area contributed by atoms with Crippen molar-refractivity contribution < 1.29 is 97.9 Å². The second kappa shape index (κ2) is 38.0. The Morgan fingerprint density at radius 1 is 0.413 bits per heavy atom. The van der Waals surface area contributed by atoms with Gasteiger partial charge in [-0.25, -0.2) is 13.2 Å². The Labute approximate surface area is 363 Å². The fraction of sp³-hybridized carbons (Fsp3) is 0.725. The van der Waals surface area contributed by atoms with E-state index in [2.05, 4.69) is 10.1 Å². The Morgan fingerprint density at radius 2 is 0.698 bits per heavy atom. The lowest BCUT2D eigenvalue weighted by molar-refractivity contribution is -0.137. The van der Waals surface area contributed by atoms with E-state index in [4.69, 9.17) is 56.8 Å². The Morgan fingerprint density at radius 3 is 1.03 bits per heavy atom. The molecular formula is C40H61F5N2O16. The normalized spacial score (nSPS) is 12.7. The van der Waals surface area contributed by atoms with Crippen molar-refractivity contribution in [3.05, 3.63) is 41.2 Å². The monoisotopic (exact) mass is 920 g/mol. The third-order valence-electron chi connectivity index (χ3n) is 7.99. The number of benzene rings is 1. The standard InChI is InChI=1S/C40H61F5N2O16/c41-35-36(42)38(44)40(39(45)37(35)43)63-34(50)4-8-51-10-12-53-14-16-55-18-20-57-22-24-59-26-28-61-30-31-62-29-27-60-25-23-58-21-19-56-17-15-54-13-11-52-9-6-46-5-1-7-47-32(48)2-3-33(47)49/h2-3,46H,1,4-31H2. The van der Waals surface area contributed by atoms with Gasteiger partial charge in [-0.2, -0.15) is 8.78 Å². The highest BCUT2D eigenvalue weighted by Crippen LogP contribution is 2.29. The molecule has 1 heterocycles. The molecule has 2 amide bonds. The Hall–Kier alpha value is -3.30. The predicted octanol–water partition coefficient (Wildman–Crippen LogP) is 1.78. The van der Waals surface area contributed by atoms with Crippen molar-refractivity contribution in [2.75, 3.05) is 178 Å². The maximum Gasteiger partial charge on any atom is 0.313 e. The summed E-state index contributed by atoms with van der Waals surface area (Å²) in [6.07, 6.45) is 2.77. The SMILES string of the molecule is O=C(CCOCCOCCOCCOCCOCCOCCOCCOCCOCCOCCOCCOCCNCCCN1C(=O)C=CC1=O)Oc1c(F)c(F)c(F)c(F)c1F. The molecule has 0 bridgehead atoms. The summed E-state index contributed by atoms with van der Waals surface area (Å²) in [5, 5.41) is 3.21. The fourth-order valence-corrected chi connectivity index (χ4v) is 4.80. The van der Waals surface area contributed by atoms with Crippen LogP contribution in [-0.2, 0) is 71.2 Å². The molecule has 0 aliphatic carbocycles. The number of hydrogen-bond acceptors (Lipinski definition) is 17. The van der Waals surface area contributed by atoms with Gasteiger partial charge in [0.1, 0.15) is 0 Å².